The number of urea groups is 1. The molecule has 0 saturated carbocycles. The molecule has 3 N–H and O–H groups in total. The molecule has 0 bridgehead atoms. The molecule has 4 amide bonds. The second-order valence-corrected chi connectivity index (χ2v) is 9.52. The lowest BCUT2D eigenvalue weighted by Crippen LogP contribution is -2.33. The number of nitrogens with zero attached hydrogens (tertiary/aromatic N) is 1. The van der Waals surface area contributed by atoms with Crippen molar-refractivity contribution in [2.45, 2.75) is 25.8 Å². The average Bonchev–Trinajstić information content (AvgIpc) is 3.13. The molecule has 7 nitrogen and oxygen atoms in total. The van der Waals surface area contributed by atoms with Crippen LogP contribution in [0, 0.1) is 6.92 Å². The number of aryl methyl sites for hydroxylation is 1. The van der Waals surface area contributed by atoms with Crippen molar-refractivity contribution in [3.05, 3.63) is 125 Å². The smallest absolute Gasteiger partial charge is 0.319 e. The summed E-state index contributed by atoms with van der Waals surface area (Å²) in [6.07, 6.45) is 1.42. The third kappa shape index (κ3) is 5.99. The molecule has 0 saturated heterocycles. The van der Waals surface area contributed by atoms with Gasteiger partial charge in [-0.05, 0) is 79.4 Å². The molecule has 196 valence electrons. The Morgan fingerprint density at radius 2 is 1.41 bits per heavy atom. The van der Waals surface area contributed by atoms with Crippen LogP contribution in [0.1, 0.15) is 50.7 Å². The fourth-order valence-corrected chi connectivity index (χ4v) is 4.84. The number of hydrogen-bond acceptors (Lipinski definition) is 3. The van der Waals surface area contributed by atoms with Gasteiger partial charge in [0.15, 0.2) is 0 Å². The summed E-state index contributed by atoms with van der Waals surface area (Å²) in [7, 11) is 0. The van der Waals surface area contributed by atoms with Crippen molar-refractivity contribution >= 4 is 34.9 Å². The summed E-state index contributed by atoms with van der Waals surface area (Å²) in [5.41, 5.74) is 5.03. The van der Waals surface area contributed by atoms with Crippen LogP contribution in [0.5, 0.6) is 0 Å². The number of anilines is 3. The van der Waals surface area contributed by atoms with Crippen molar-refractivity contribution in [3.8, 4) is 0 Å². The summed E-state index contributed by atoms with van der Waals surface area (Å²) in [5.74, 6) is -0.322. The molecule has 1 unspecified atom stereocenters. The van der Waals surface area contributed by atoms with Gasteiger partial charge in [0, 0.05) is 34.7 Å². The van der Waals surface area contributed by atoms with Gasteiger partial charge < -0.3 is 20.9 Å². The van der Waals surface area contributed by atoms with E-state index in [9.17, 15) is 14.4 Å². The topological polar surface area (TPSA) is 90.5 Å². The van der Waals surface area contributed by atoms with E-state index in [1.54, 1.807) is 35.2 Å². The molecule has 1 aliphatic rings. The number of hydrogen-bond donors (Lipinski definition) is 3. The van der Waals surface area contributed by atoms with E-state index in [0.29, 0.717) is 35.5 Å². The van der Waals surface area contributed by atoms with Crippen molar-refractivity contribution in [1.29, 1.82) is 0 Å². The lowest BCUT2D eigenvalue weighted by molar-refractivity contribution is 0.0985. The first-order valence-electron chi connectivity index (χ1n) is 13.0. The highest BCUT2D eigenvalue weighted by Crippen LogP contribution is 2.34. The Bertz CT molecular complexity index is 1490. The molecule has 4 aromatic rings. The number of amides is 4. The second-order valence-electron chi connectivity index (χ2n) is 9.52. The normalized spacial score (nSPS) is 14.5. The first kappa shape index (κ1) is 25.7. The maximum absolute atomic E-state index is 13.6. The third-order valence-corrected chi connectivity index (χ3v) is 6.84. The van der Waals surface area contributed by atoms with Gasteiger partial charge in [0.2, 0.25) is 0 Å². The number of nitrogens with one attached hydrogen (secondary N) is 3. The molecule has 1 atom stereocenters. The zero-order valence-electron chi connectivity index (χ0n) is 21.7. The van der Waals surface area contributed by atoms with Crippen LogP contribution in [0.4, 0.5) is 21.9 Å². The van der Waals surface area contributed by atoms with E-state index in [2.05, 4.69) is 16.0 Å². The molecule has 0 spiro atoms. The highest BCUT2D eigenvalue weighted by molar-refractivity contribution is 6.08. The van der Waals surface area contributed by atoms with Gasteiger partial charge in [-0.3, -0.25) is 9.59 Å². The molecule has 1 heterocycles. The number of rotatable bonds is 5. The van der Waals surface area contributed by atoms with Crippen LogP contribution in [0.2, 0.25) is 0 Å². The zero-order chi connectivity index (χ0) is 27.2. The van der Waals surface area contributed by atoms with Gasteiger partial charge in [-0.25, -0.2) is 4.79 Å². The second kappa shape index (κ2) is 11.6. The van der Waals surface area contributed by atoms with Crippen LogP contribution in [-0.4, -0.2) is 24.4 Å². The van der Waals surface area contributed by atoms with Crippen molar-refractivity contribution in [2.75, 3.05) is 22.1 Å². The number of para-hydroxylation sites is 2. The van der Waals surface area contributed by atoms with Gasteiger partial charge >= 0.3 is 6.03 Å². The minimum atomic E-state index is -0.288. The summed E-state index contributed by atoms with van der Waals surface area (Å²) in [6.45, 7) is 2.42. The Labute approximate surface area is 227 Å². The van der Waals surface area contributed by atoms with E-state index in [-0.39, 0.29) is 23.9 Å². The number of carbonyl (C=O) groups excluding carboxylic acids is 3. The predicted molar refractivity (Wildman–Crippen MR) is 154 cm³/mol. The SMILES string of the molecule is Cc1ccccc1C(=O)Nc1ccc(C(=O)N2CCCC(NC(=O)Nc3ccccc3)c3ccccc32)cc1. The molecule has 7 heteroatoms. The predicted octanol–water partition coefficient (Wildman–Crippen LogP) is 6.55. The standard InChI is InChI=1S/C32H30N4O3/c1-22-10-5-6-13-26(22)30(37)33-25-19-17-23(18-20-25)31(38)36-21-9-15-28(27-14-7-8-16-29(27)36)35-32(39)34-24-11-3-2-4-12-24/h2-8,10-14,16-20,28H,9,15,21H2,1H3,(H,33,37)(H2,34,35,39). The van der Waals surface area contributed by atoms with E-state index >= 15 is 0 Å². The molecule has 5 rings (SSSR count). The molecule has 0 fully saturated rings. The fraction of sp³-hybridized carbons (Fsp3) is 0.156. The maximum Gasteiger partial charge on any atom is 0.319 e. The quantitative estimate of drug-likeness (QED) is 0.280. The van der Waals surface area contributed by atoms with Crippen molar-refractivity contribution in [2.24, 2.45) is 0 Å². The van der Waals surface area contributed by atoms with Crippen molar-refractivity contribution in [1.82, 2.24) is 5.32 Å². The van der Waals surface area contributed by atoms with Crippen molar-refractivity contribution < 1.29 is 14.4 Å². The van der Waals surface area contributed by atoms with Gasteiger partial charge in [-0.15, -0.1) is 0 Å². The van der Waals surface area contributed by atoms with Crippen LogP contribution < -0.4 is 20.9 Å². The van der Waals surface area contributed by atoms with Crippen LogP contribution in [0.25, 0.3) is 0 Å². The van der Waals surface area contributed by atoms with Gasteiger partial charge in [0.25, 0.3) is 11.8 Å². The minimum absolute atomic E-state index is 0.131. The molecule has 0 radical (unpaired) electrons. The Hall–Kier alpha value is -4.91. The number of benzene rings is 4. The summed E-state index contributed by atoms with van der Waals surface area (Å²) in [4.78, 5) is 40.8. The van der Waals surface area contributed by atoms with E-state index in [1.807, 2.05) is 79.7 Å². The summed E-state index contributed by atoms with van der Waals surface area (Å²) < 4.78 is 0. The molecule has 0 aromatic heterocycles. The van der Waals surface area contributed by atoms with Gasteiger partial charge in [-0.2, -0.15) is 0 Å². The highest BCUT2D eigenvalue weighted by atomic mass is 16.2. The summed E-state index contributed by atoms with van der Waals surface area (Å²) in [6, 6.07) is 30.8. The van der Waals surface area contributed by atoms with Gasteiger partial charge in [0.1, 0.15) is 0 Å². The van der Waals surface area contributed by atoms with Crippen molar-refractivity contribution in [3.63, 3.8) is 0 Å². The highest BCUT2D eigenvalue weighted by Gasteiger charge is 2.28. The Balaban J connectivity index is 1.30. The maximum atomic E-state index is 13.6. The molecular formula is C32H30N4O3. The van der Waals surface area contributed by atoms with E-state index in [4.69, 9.17) is 0 Å². The van der Waals surface area contributed by atoms with Crippen LogP contribution >= 0.6 is 0 Å². The molecule has 1 aliphatic heterocycles. The van der Waals surface area contributed by atoms with Crippen LogP contribution in [0.3, 0.4) is 0 Å². The first-order valence-corrected chi connectivity index (χ1v) is 13.0. The van der Waals surface area contributed by atoms with E-state index < -0.39 is 0 Å². The summed E-state index contributed by atoms with van der Waals surface area (Å²) >= 11 is 0. The molecule has 4 aromatic carbocycles. The Kier molecular flexibility index (Phi) is 7.68. The molecular weight excluding hydrogens is 488 g/mol. The third-order valence-electron chi connectivity index (χ3n) is 6.84. The number of fused-ring (bicyclic) bond motifs is 1. The lowest BCUT2D eigenvalue weighted by Gasteiger charge is -2.24. The van der Waals surface area contributed by atoms with E-state index in [1.165, 1.54) is 0 Å². The fourth-order valence-electron chi connectivity index (χ4n) is 4.84. The average molecular weight is 519 g/mol. The van der Waals surface area contributed by atoms with Crippen LogP contribution in [0.15, 0.2) is 103 Å². The van der Waals surface area contributed by atoms with Crippen LogP contribution in [-0.2, 0) is 0 Å². The summed E-state index contributed by atoms with van der Waals surface area (Å²) in [5, 5.41) is 8.85. The monoisotopic (exact) mass is 518 g/mol. The Morgan fingerprint density at radius 1 is 0.744 bits per heavy atom. The largest absolute Gasteiger partial charge is 0.331 e. The molecule has 39 heavy (non-hydrogen) atoms. The first-order chi connectivity index (χ1) is 19.0. The lowest BCUT2D eigenvalue weighted by atomic mass is 10.0. The van der Waals surface area contributed by atoms with Gasteiger partial charge in [0.05, 0.1) is 6.04 Å². The van der Waals surface area contributed by atoms with E-state index in [0.717, 1.165) is 23.2 Å². The minimum Gasteiger partial charge on any atom is -0.331 e. The number of carbonyl (C=O) groups is 3. The zero-order valence-corrected chi connectivity index (χ0v) is 21.7. The van der Waals surface area contributed by atoms with Gasteiger partial charge in [-0.1, -0.05) is 54.6 Å². The molecule has 0 aliphatic carbocycles. The Morgan fingerprint density at radius 3 is 2.18 bits per heavy atom.